The van der Waals surface area contributed by atoms with Gasteiger partial charge in [0.2, 0.25) is 0 Å². The van der Waals surface area contributed by atoms with Crippen LogP contribution in [0, 0.1) is 0 Å². The van der Waals surface area contributed by atoms with E-state index in [0.29, 0.717) is 6.54 Å². The Morgan fingerprint density at radius 1 is 1.30 bits per heavy atom. The second-order valence-corrected chi connectivity index (χ2v) is 5.84. The fraction of sp³-hybridized carbons (Fsp3) is 0.353. The van der Waals surface area contributed by atoms with Gasteiger partial charge in [-0.1, -0.05) is 24.3 Å². The molecule has 1 aromatic carbocycles. The van der Waals surface area contributed by atoms with Crippen LogP contribution in [0.2, 0.25) is 0 Å². The fourth-order valence-electron chi connectivity index (χ4n) is 2.87. The highest BCUT2D eigenvalue weighted by molar-refractivity contribution is 5.96. The predicted octanol–water partition coefficient (Wildman–Crippen LogP) is 1.24. The molecule has 0 fully saturated rings. The number of benzene rings is 1. The number of carbonyl (C=O) groups excluding carboxylic acids is 1. The minimum Gasteiger partial charge on any atom is -0.382 e. The third-order valence-corrected chi connectivity index (χ3v) is 4.28. The molecule has 1 aromatic heterocycles. The van der Waals surface area contributed by atoms with E-state index in [-0.39, 0.29) is 23.5 Å². The van der Waals surface area contributed by atoms with E-state index in [1.807, 2.05) is 0 Å². The number of nitrogens with zero attached hydrogens (tertiary/aromatic N) is 3. The highest BCUT2D eigenvalue weighted by Gasteiger charge is 2.21. The molecule has 0 unspecified atom stereocenters. The molecule has 0 bridgehead atoms. The van der Waals surface area contributed by atoms with Crippen molar-refractivity contribution in [2.24, 2.45) is 0 Å². The zero-order valence-electron chi connectivity index (χ0n) is 13.2. The molecule has 1 atom stereocenters. The van der Waals surface area contributed by atoms with E-state index in [1.54, 1.807) is 0 Å². The average Bonchev–Trinajstić information content (AvgIpc) is 2.59. The van der Waals surface area contributed by atoms with Crippen LogP contribution in [0.4, 0.5) is 5.82 Å². The Kier molecular flexibility index (Phi) is 4.52. The lowest BCUT2D eigenvalue weighted by molar-refractivity contribution is 0.0928. The largest absolute Gasteiger partial charge is 0.382 e. The molecular formula is C17H21N5O. The highest BCUT2D eigenvalue weighted by Crippen LogP contribution is 2.20. The lowest BCUT2D eigenvalue weighted by Crippen LogP contribution is -2.44. The summed E-state index contributed by atoms with van der Waals surface area (Å²) in [6.45, 7) is 4.59. The minimum atomic E-state index is -0.278. The monoisotopic (exact) mass is 311 g/mol. The van der Waals surface area contributed by atoms with Crippen molar-refractivity contribution in [3.63, 3.8) is 0 Å². The molecule has 3 rings (SSSR count). The topological polar surface area (TPSA) is 84.1 Å². The number of carbonyl (C=O) groups is 1. The lowest BCUT2D eigenvalue weighted by Gasteiger charge is -2.33. The van der Waals surface area contributed by atoms with Gasteiger partial charge in [0, 0.05) is 38.1 Å². The number of hydrogen-bond donors (Lipinski definition) is 2. The van der Waals surface area contributed by atoms with Crippen LogP contribution in [-0.4, -0.2) is 39.9 Å². The summed E-state index contributed by atoms with van der Waals surface area (Å²) in [5.74, 6) is -0.121. The summed E-state index contributed by atoms with van der Waals surface area (Å²) in [4.78, 5) is 22.4. The van der Waals surface area contributed by atoms with Gasteiger partial charge in [-0.05, 0) is 24.5 Å². The number of amides is 1. The predicted molar refractivity (Wildman–Crippen MR) is 88.8 cm³/mol. The highest BCUT2D eigenvalue weighted by atomic mass is 16.1. The van der Waals surface area contributed by atoms with Gasteiger partial charge in [-0.3, -0.25) is 9.69 Å². The van der Waals surface area contributed by atoms with Gasteiger partial charge in [0.25, 0.3) is 5.91 Å². The van der Waals surface area contributed by atoms with Crippen molar-refractivity contribution in [1.29, 1.82) is 0 Å². The normalized spacial score (nSPS) is 15.7. The minimum absolute atomic E-state index is 0.157. The van der Waals surface area contributed by atoms with Gasteiger partial charge in [0.1, 0.15) is 0 Å². The number of nitrogens with two attached hydrogens (primary N) is 1. The molecule has 3 N–H and O–H groups in total. The van der Waals surface area contributed by atoms with Gasteiger partial charge < -0.3 is 11.1 Å². The van der Waals surface area contributed by atoms with Crippen LogP contribution < -0.4 is 11.1 Å². The van der Waals surface area contributed by atoms with Gasteiger partial charge >= 0.3 is 0 Å². The van der Waals surface area contributed by atoms with E-state index in [2.05, 4.69) is 51.4 Å². The number of nitrogens with one attached hydrogen (secondary N) is 1. The molecule has 0 spiro atoms. The molecule has 0 saturated heterocycles. The number of rotatable bonds is 4. The van der Waals surface area contributed by atoms with Crippen molar-refractivity contribution in [2.45, 2.75) is 25.9 Å². The molecule has 6 heteroatoms. The summed E-state index contributed by atoms with van der Waals surface area (Å²) in [5, 5.41) is 2.90. The summed E-state index contributed by atoms with van der Waals surface area (Å²) in [7, 11) is 0. The lowest BCUT2D eigenvalue weighted by atomic mass is 9.99. The van der Waals surface area contributed by atoms with E-state index in [1.165, 1.54) is 23.5 Å². The van der Waals surface area contributed by atoms with Crippen molar-refractivity contribution in [3.05, 3.63) is 53.5 Å². The number of anilines is 1. The number of aromatic nitrogens is 2. The second-order valence-electron chi connectivity index (χ2n) is 5.84. The maximum Gasteiger partial charge on any atom is 0.273 e. The van der Waals surface area contributed by atoms with E-state index in [0.717, 1.165) is 19.5 Å². The van der Waals surface area contributed by atoms with Gasteiger partial charge in [0.15, 0.2) is 11.5 Å². The summed E-state index contributed by atoms with van der Waals surface area (Å²) in [6, 6.07) is 8.77. The van der Waals surface area contributed by atoms with E-state index < -0.39 is 0 Å². The quantitative estimate of drug-likeness (QED) is 0.887. The summed E-state index contributed by atoms with van der Waals surface area (Å²) >= 11 is 0. The standard InChI is InChI=1S/C17H21N5O/c1-12(10-21-17(23)15-16(18)20-8-7-19-15)22-9-6-13-4-2-3-5-14(13)11-22/h2-5,7-8,12H,6,9-11H2,1H3,(H2,18,20)(H,21,23)/t12-/m0/s1. The third kappa shape index (κ3) is 3.48. The Morgan fingerprint density at radius 2 is 2.04 bits per heavy atom. The molecule has 1 aliphatic heterocycles. The molecule has 2 aromatic rings. The van der Waals surface area contributed by atoms with Gasteiger partial charge in [-0.15, -0.1) is 0 Å². The first-order valence-electron chi connectivity index (χ1n) is 7.80. The zero-order valence-corrected chi connectivity index (χ0v) is 13.2. The molecule has 120 valence electrons. The van der Waals surface area contributed by atoms with Crippen LogP contribution in [0.25, 0.3) is 0 Å². The van der Waals surface area contributed by atoms with Crippen molar-refractivity contribution in [2.75, 3.05) is 18.8 Å². The Bertz CT molecular complexity index is 703. The first-order chi connectivity index (χ1) is 11.1. The first-order valence-corrected chi connectivity index (χ1v) is 7.80. The maximum atomic E-state index is 12.1. The summed E-state index contributed by atoms with van der Waals surface area (Å²) in [6.07, 6.45) is 3.99. The molecular weight excluding hydrogens is 290 g/mol. The van der Waals surface area contributed by atoms with Crippen molar-refractivity contribution in [1.82, 2.24) is 20.2 Å². The van der Waals surface area contributed by atoms with Gasteiger partial charge in [-0.2, -0.15) is 0 Å². The smallest absolute Gasteiger partial charge is 0.273 e. The molecule has 2 heterocycles. The van der Waals surface area contributed by atoms with Crippen LogP contribution >= 0.6 is 0 Å². The van der Waals surface area contributed by atoms with Crippen LogP contribution in [-0.2, 0) is 13.0 Å². The van der Waals surface area contributed by atoms with Crippen LogP contribution in [0.15, 0.2) is 36.7 Å². The second kappa shape index (κ2) is 6.75. The third-order valence-electron chi connectivity index (χ3n) is 4.28. The van der Waals surface area contributed by atoms with E-state index in [9.17, 15) is 4.79 Å². The number of nitrogen functional groups attached to an aromatic ring is 1. The van der Waals surface area contributed by atoms with Crippen molar-refractivity contribution >= 4 is 11.7 Å². The Morgan fingerprint density at radius 3 is 2.83 bits per heavy atom. The molecule has 23 heavy (non-hydrogen) atoms. The van der Waals surface area contributed by atoms with Crippen LogP contribution in [0.3, 0.4) is 0 Å². The molecule has 0 radical (unpaired) electrons. The van der Waals surface area contributed by atoms with Crippen LogP contribution in [0.5, 0.6) is 0 Å². The fourth-order valence-corrected chi connectivity index (χ4v) is 2.87. The first kappa shape index (κ1) is 15.4. The van der Waals surface area contributed by atoms with Gasteiger partial charge in [0.05, 0.1) is 0 Å². The number of hydrogen-bond acceptors (Lipinski definition) is 5. The zero-order chi connectivity index (χ0) is 16.2. The number of fused-ring (bicyclic) bond motifs is 1. The molecule has 1 aliphatic rings. The van der Waals surface area contributed by atoms with Crippen molar-refractivity contribution < 1.29 is 4.79 Å². The summed E-state index contributed by atoms with van der Waals surface area (Å²) in [5.41, 5.74) is 8.66. The van der Waals surface area contributed by atoms with E-state index >= 15 is 0 Å². The van der Waals surface area contributed by atoms with Crippen molar-refractivity contribution in [3.8, 4) is 0 Å². The maximum absolute atomic E-state index is 12.1. The average molecular weight is 311 g/mol. The Hall–Kier alpha value is -2.47. The van der Waals surface area contributed by atoms with E-state index in [4.69, 9.17) is 5.73 Å². The molecule has 6 nitrogen and oxygen atoms in total. The SMILES string of the molecule is C[C@@H](CNC(=O)c1nccnc1N)N1CCc2ccccc2C1. The molecule has 0 saturated carbocycles. The molecule has 1 amide bonds. The Balaban J connectivity index is 1.57. The summed E-state index contributed by atoms with van der Waals surface area (Å²) < 4.78 is 0. The van der Waals surface area contributed by atoms with Crippen LogP contribution in [0.1, 0.15) is 28.5 Å². The van der Waals surface area contributed by atoms with Gasteiger partial charge in [-0.25, -0.2) is 9.97 Å². The Labute approximate surface area is 135 Å². The molecule has 0 aliphatic carbocycles.